The molecule has 0 atom stereocenters. The lowest BCUT2D eigenvalue weighted by Crippen LogP contribution is -2.13. The second-order valence-corrected chi connectivity index (χ2v) is 7.91. The minimum Gasteiger partial charge on any atom is -0.301 e. The van der Waals surface area contributed by atoms with E-state index in [0.717, 1.165) is 21.0 Å². The molecule has 0 bridgehead atoms. The Bertz CT molecular complexity index is 879. The number of hydrogen-bond acceptors (Lipinski definition) is 4. The highest BCUT2D eigenvalue weighted by molar-refractivity contribution is 8.00. The lowest BCUT2D eigenvalue weighted by molar-refractivity contribution is -0.113. The van der Waals surface area contributed by atoms with Gasteiger partial charge in [-0.25, -0.2) is 9.37 Å². The van der Waals surface area contributed by atoms with Crippen LogP contribution >= 0.6 is 34.7 Å². The van der Waals surface area contributed by atoms with Crippen LogP contribution in [0.3, 0.4) is 0 Å². The predicted molar refractivity (Wildman–Crippen MR) is 103 cm³/mol. The standard InChI is InChI=1S/C18H14ClFN2OS2/c1-11-17(12-2-6-14(20)7-3-12)22-18(25-11)21-16(23)10-24-15-8-4-13(19)5-9-15/h2-9H,10H2,1H3,(H,21,22,23). The largest absolute Gasteiger partial charge is 0.301 e. The van der Waals surface area contributed by atoms with Crippen molar-refractivity contribution < 1.29 is 9.18 Å². The molecule has 7 heteroatoms. The van der Waals surface area contributed by atoms with Crippen molar-refractivity contribution in [2.45, 2.75) is 11.8 Å². The number of carbonyl (C=O) groups is 1. The number of nitrogens with one attached hydrogen (secondary N) is 1. The summed E-state index contributed by atoms with van der Waals surface area (Å²) in [5.41, 5.74) is 1.58. The van der Waals surface area contributed by atoms with E-state index in [1.165, 1.54) is 35.2 Å². The second kappa shape index (κ2) is 7.99. The Morgan fingerprint density at radius 2 is 1.88 bits per heavy atom. The van der Waals surface area contributed by atoms with E-state index in [0.29, 0.717) is 10.2 Å². The third-order valence-electron chi connectivity index (χ3n) is 3.34. The molecule has 0 saturated heterocycles. The second-order valence-electron chi connectivity index (χ2n) is 5.22. The quantitative estimate of drug-likeness (QED) is 0.571. The minimum absolute atomic E-state index is 0.126. The van der Waals surface area contributed by atoms with E-state index in [4.69, 9.17) is 11.6 Å². The van der Waals surface area contributed by atoms with E-state index in [1.807, 2.05) is 19.1 Å². The van der Waals surface area contributed by atoms with Crippen LogP contribution in [-0.2, 0) is 4.79 Å². The number of amides is 1. The number of thiazole rings is 1. The van der Waals surface area contributed by atoms with Crippen molar-refractivity contribution in [3.05, 3.63) is 64.2 Å². The molecule has 0 spiro atoms. The highest BCUT2D eigenvalue weighted by Gasteiger charge is 2.12. The Hall–Kier alpha value is -1.89. The van der Waals surface area contributed by atoms with Crippen molar-refractivity contribution in [3.63, 3.8) is 0 Å². The molecule has 1 amide bonds. The molecule has 0 fully saturated rings. The Labute approximate surface area is 158 Å². The van der Waals surface area contributed by atoms with E-state index >= 15 is 0 Å². The molecule has 0 aliphatic rings. The molecule has 3 rings (SSSR count). The predicted octanol–water partition coefficient (Wildman–Crippen LogP) is 5.64. The summed E-state index contributed by atoms with van der Waals surface area (Å²) < 4.78 is 13.0. The molecule has 3 aromatic rings. The average Bonchev–Trinajstić information content (AvgIpc) is 2.95. The first-order valence-corrected chi connectivity index (χ1v) is 9.61. The lowest BCUT2D eigenvalue weighted by Gasteiger charge is -2.02. The summed E-state index contributed by atoms with van der Waals surface area (Å²) in [4.78, 5) is 18.5. The monoisotopic (exact) mass is 392 g/mol. The summed E-state index contributed by atoms with van der Waals surface area (Å²) in [6.07, 6.45) is 0. The highest BCUT2D eigenvalue weighted by Crippen LogP contribution is 2.30. The number of benzene rings is 2. The van der Waals surface area contributed by atoms with Crippen LogP contribution in [0.2, 0.25) is 5.02 Å². The third kappa shape index (κ3) is 4.81. The molecule has 3 nitrogen and oxygen atoms in total. The molecule has 0 aliphatic carbocycles. The van der Waals surface area contributed by atoms with E-state index < -0.39 is 0 Å². The Morgan fingerprint density at radius 3 is 2.56 bits per heavy atom. The molecule has 25 heavy (non-hydrogen) atoms. The number of carbonyl (C=O) groups excluding carboxylic acids is 1. The van der Waals surface area contributed by atoms with Gasteiger partial charge >= 0.3 is 0 Å². The first-order valence-electron chi connectivity index (χ1n) is 7.43. The zero-order chi connectivity index (χ0) is 17.8. The molecule has 1 N–H and O–H groups in total. The maximum Gasteiger partial charge on any atom is 0.236 e. The molecule has 1 heterocycles. The van der Waals surface area contributed by atoms with Crippen molar-refractivity contribution in [3.8, 4) is 11.3 Å². The van der Waals surface area contributed by atoms with Gasteiger partial charge in [-0.2, -0.15) is 0 Å². The molecule has 2 aromatic carbocycles. The number of rotatable bonds is 5. The number of halogens is 2. The highest BCUT2D eigenvalue weighted by atomic mass is 35.5. The van der Waals surface area contributed by atoms with Crippen molar-refractivity contribution in [1.29, 1.82) is 0 Å². The molecule has 0 aliphatic heterocycles. The van der Waals surface area contributed by atoms with Crippen LogP contribution in [0.25, 0.3) is 11.3 Å². The van der Waals surface area contributed by atoms with Crippen molar-refractivity contribution in [1.82, 2.24) is 4.98 Å². The molecule has 0 radical (unpaired) electrons. The molecule has 128 valence electrons. The molecular formula is C18H14ClFN2OS2. The fraction of sp³-hybridized carbons (Fsp3) is 0.111. The fourth-order valence-corrected chi connectivity index (χ4v) is 3.84. The minimum atomic E-state index is -0.288. The van der Waals surface area contributed by atoms with Gasteiger partial charge in [-0.1, -0.05) is 11.6 Å². The fourth-order valence-electron chi connectivity index (χ4n) is 2.16. The van der Waals surface area contributed by atoms with Gasteiger partial charge in [0.2, 0.25) is 5.91 Å². The number of hydrogen-bond donors (Lipinski definition) is 1. The van der Waals surface area contributed by atoms with Crippen LogP contribution in [-0.4, -0.2) is 16.6 Å². The topological polar surface area (TPSA) is 42.0 Å². The third-order valence-corrected chi connectivity index (χ3v) is 5.49. The number of aromatic nitrogens is 1. The summed E-state index contributed by atoms with van der Waals surface area (Å²) in [5, 5.41) is 4.02. The van der Waals surface area contributed by atoms with Gasteiger partial charge in [0.25, 0.3) is 0 Å². The summed E-state index contributed by atoms with van der Waals surface area (Å²) in [7, 11) is 0. The SMILES string of the molecule is Cc1sc(NC(=O)CSc2ccc(Cl)cc2)nc1-c1ccc(F)cc1. The number of nitrogens with zero attached hydrogens (tertiary/aromatic N) is 1. The van der Waals surface area contributed by atoms with E-state index in [9.17, 15) is 9.18 Å². The van der Waals surface area contributed by atoms with E-state index in [2.05, 4.69) is 10.3 Å². The van der Waals surface area contributed by atoms with Gasteiger partial charge < -0.3 is 5.32 Å². The van der Waals surface area contributed by atoms with Gasteiger partial charge in [-0.15, -0.1) is 23.1 Å². The lowest BCUT2D eigenvalue weighted by atomic mass is 10.1. The van der Waals surface area contributed by atoms with E-state index in [1.54, 1.807) is 24.3 Å². The van der Waals surface area contributed by atoms with Gasteiger partial charge in [-0.05, 0) is 55.5 Å². The number of anilines is 1. The van der Waals surface area contributed by atoms with Crippen LogP contribution in [0.15, 0.2) is 53.4 Å². The van der Waals surface area contributed by atoms with Gasteiger partial charge in [0.05, 0.1) is 11.4 Å². The molecular weight excluding hydrogens is 379 g/mol. The van der Waals surface area contributed by atoms with Crippen LogP contribution in [0, 0.1) is 12.7 Å². The van der Waals surface area contributed by atoms with Gasteiger partial charge in [-0.3, -0.25) is 4.79 Å². The zero-order valence-corrected chi connectivity index (χ0v) is 15.6. The molecule has 0 saturated carbocycles. The van der Waals surface area contributed by atoms with Crippen LogP contribution < -0.4 is 5.32 Å². The summed E-state index contributed by atoms with van der Waals surface area (Å²) >= 11 is 8.67. The zero-order valence-electron chi connectivity index (χ0n) is 13.3. The normalized spacial score (nSPS) is 10.7. The van der Waals surface area contributed by atoms with Crippen LogP contribution in [0.5, 0.6) is 0 Å². The Balaban J connectivity index is 1.62. The maximum absolute atomic E-state index is 13.0. The number of thioether (sulfide) groups is 1. The summed E-state index contributed by atoms with van der Waals surface area (Å²) in [6, 6.07) is 13.5. The summed E-state index contributed by atoms with van der Waals surface area (Å²) in [5.74, 6) is -0.129. The van der Waals surface area contributed by atoms with Crippen LogP contribution in [0.1, 0.15) is 4.88 Å². The molecule has 0 unspecified atom stereocenters. The van der Waals surface area contributed by atoms with Crippen LogP contribution in [0.4, 0.5) is 9.52 Å². The molecule has 1 aromatic heterocycles. The van der Waals surface area contributed by atoms with Crippen molar-refractivity contribution >= 4 is 45.7 Å². The summed E-state index contributed by atoms with van der Waals surface area (Å²) in [6.45, 7) is 1.93. The maximum atomic E-state index is 13.0. The van der Waals surface area contributed by atoms with Gasteiger partial charge in [0.15, 0.2) is 5.13 Å². The van der Waals surface area contributed by atoms with E-state index in [-0.39, 0.29) is 17.5 Å². The smallest absolute Gasteiger partial charge is 0.236 e. The Kier molecular flexibility index (Phi) is 5.73. The van der Waals surface area contributed by atoms with Gasteiger partial charge in [0.1, 0.15) is 5.82 Å². The number of aryl methyl sites for hydroxylation is 1. The van der Waals surface area contributed by atoms with Crippen molar-refractivity contribution in [2.75, 3.05) is 11.1 Å². The average molecular weight is 393 g/mol. The first-order chi connectivity index (χ1) is 12.0. The van der Waals surface area contributed by atoms with Gasteiger partial charge in [0, 0.05) is 20.4 Å². The first kappa shape index (κ1) is 17.9. The van der Waals surface area contributed by atoms with Crippen molar-refractivity contribution in [2.24, 2.45) is 0 Å². The Morgan fingerprint density at radius 1 is 1.20 bits per heavy atom.